The van der Waals surface area contributed by atoms with Gasteiger partial charge in [0.05, 0.1) is 15.9 Å². The number of nitrogens with zero attached hydrogens (tertiary/aromatic N) is 2. The molecule has 0 radical (unpaired) electrons. The summed E-state index contributed by atoms with van der Waals surface area (Å²) in [7, 11) is 2.01. The van der Waals surface area contributed by atoms with E-state index < -0.39 is 0 Å². The van der Waals surface area contributed by atoms with Gasteiger partial charge in [0.1, 0.15) is 0 Å². The molecule has 0 atom stereocenters. The van der Waals surface area contributed by atoms with Crippen LogP contribution in [0.5, 0.6) is 0 Å². The van der Waals surface area contributed by atoms with Crippen molar-refractivity contribution >= 4 is 15.9 Å². The van der Waals surface area contributed by atoms with Crippen molar-refractivity contribution in [2.24, 2.45) is 7.05 Å². The molecule has 0 bridgehead atoms. The summed E-state index contributed by atoms with van der Waals surface area (Å²) in [4.78, 5) is 0. The minimum absolute atomic E-state index is 0.566. The van der Waals surface area contributed by atoms with E-state index in [0.29, 0.717) is 6.04 Å². The van der Waals surface area contributed by atoms with Crippen molar-refractivity contribution in [1.82, 2.24) is 15.1 Å². The molecule has 3 nitrogen and oxygen atoms in total. The van der Waals surface area contributed by atoms with Crippen LogP contribution in [0.2, 0.25) is 0 Å². The van der Waals surface area contributed by atoms with Crippen LogP contribution in [0.25, 0.3) is 0 Å². The molecule has 0 saturated carbocycles. The average Bonchev–Trinajstić information content (AvgIpc) is 2.59. The maximum Gasteiger partial charge on any atom is 0.0766 e. The third-order valence-electron chi connectivity index (χ3n) is 2.84. The fraction of sp³-hybridized carbons (Fsp3) is 0.643. The second-order valence-electron chi connectivity index (χ2n) is 4.76. The zero-order valence-corrected chi connectivity index (χ0v) is 13.4. The van der Waals surface area contributed by atoms with Crippen LogP contribution in [0.4, 0.5) is 0 Å². The molecule has 0 aliphatic rings. The number of hydrogen-bond donors (Lipinski definition) is 1. The van der Waals surface area contributed by atoms with Crippen LogP contribution in [0, 0.1) is 0 Å². The molecule has 0 saturated heterocycles. The lowest BCUT2D eigenvalue weighted by Crippen LogP contribution is -2.23. The minimum atomic E-state index is 0.566. The molecule has 0 fully saturated rings. The highest BCUT2D eigenvalue weighted by atomic mass is 79.9. The molecule has 1 aromatic rings. The molecule has 0 aliphatic carbocycles. The molecular formula is C14H24BrN3. The molecule has 1 heterocycles. The van der Waals surface area contributed by atoms with Crippen LogP contribution in [-0.2, 0) is 19.9 Å². The fourth-order valence-electron chi connectivity index (χ4n) is 1.81. The maximum atomic E-state index is 4.49. The Morgan fingerprint density at radius 2 is 2.11 bits per heavy atom. The van der Waals surface area contributed by atoms with E-state index in [4.69, 9.17) is 0 Å². The predicted octanol–water partition coefficient (Wildman–Crippen LogP) is 3.23. The molecule has 0 aromatic carbocycles. The number of hydrogen-bond acceptors (Lipinski definition) is 2. The van der Waals surface area contributed by atoms with Gasteiger partial charge in [-0.05, 0) is 35.3 Å². The van der Waals surface area contributed by atoms with Gasteiger partial charge in [-0.25, -0.2) is 0 Å². The topological polar surface area (TPSA) is 29.9 Å². The normalized spacial score (nSPS) is 11.9. The Kier molecular flexibility index (Phi) is 6.65. The van der Waals surface area contributed by atoms with Crippen LogP contribution >= 0.6 is 15.9 Å². The maximum absolute atomic E-state index is 4.49. The predicted molar refractivity (Wildman–Crippen MR) is 80.9 cm³/mol. The first-order valence-electron chi connectivity index (χ1n) is 6.64. The van der Waals surface area contributed by atoms with Crippen LogP contribution in [0.1, 0.15) is 38.6 Å². The van der Waals surface area contributed by atoms with Gasteiger partial charge in [-0.3, -0.25) is 4.68 Å². The van der Waals surface area contributed by atoms with E-state index in [1.54, 1.807) is 0 Å². The lowest BCUT2D eigenvalue weighted by molar-refractivity contribution is 0.594. The number of aryl methyl sites for hydroxylation is 2. The monoisotopic (exact) mass is 313 g/mol. The van der Waals surface area contributed by atoms with Gasteiger partial charge in [0.15, 0.2) is 0 Å². The minimum Gasteiger partial charge on any atom is -0.314 e. The van der Waals surface area contributed by atoms with Crippen LogP contribution in [-0.4, -0.2) is 22.4 Å². The van der Waals surface area contributed by atoms with E-state index in [0.717, 1.165) is 36.0 Å². The third-order valence-corrected chi connectivity index (χ3v) is 3.76. The summed E-state index contributed by atoms with van der Waals surface area (Å²) in [6.07, 6.45) is 7.44. The molecule has 0 aliphatic heterocycles. The van der Waals surface area contributed by atoms with Crippen molar-refractivity contribution in [2.75, 3.05) is 6.54 Å². The molecule has 102 valence electrons. The number of halogens is 1. The summed E-state index contributed by atoms with van der Waals surface area (Å²) in [5.41, 5.74) is 2.39. The van der Waals surface area contributed by atoms with Crippen LogP contribution < -0.4 is 5.32 Å². The Labute approximate surface area is 119 Å². The van der Waals surface area contributed by atoms with Crippen molar-refractivity contribution in [3.8, 4) is 0 Å². The van der Waals surface area contributed by atoms with E-state index >= 15 is 0 Å². The first-order chi connectivity index (χ1) is 8.56. The zero-order valence-electron chi connectivity index (χ0n) is 11.8. The van der Waals surface area contributed by atoms with Gasteiger partial charge >= 0.3 is 0 Å². The second kappa shape index (κ2) is 7.74. The number of aromatic nitrogens is 2. The molecule has 0 amide bonds. The fourth-order valence-corrected chi connectivity index (χ4v) is 2.59. The summed E-state index contributed by atoms with van der Waals surface area (Å²) < 4.78 is 3.14. The largest absolute Gasteiger partial charge is 0.314 e. The van der Waals surface area contributed by atoms with Gasteiger partial charge in [0, 0.05) is 19.5 Å². The average molecular weight is 314 g/mol. The lowest BCUT2D eigenvalue weighted by atomic mass is 10.2. The molecule has 0 spiro atoms. The Morgan fingerprint density at radius 3 is 2.67 bits per heavy atom. The molecule has 18 heavy (non-hydrogen) atoms. The van der Waals surface area contributed by atoms with Gasteiger partial charge in [-0.15, -0.1) is 0 Å². The first-order valence-corrected chi connectivity index (χ1v) is 7.44. The number of nitrogens with one attached hydrogen (secondary N) is 1. The molecule has 1 N–H and O–H groups in total. The van der Waals surface area contributed by atoms with Crippen molar-refractivity contribution in [1.29, 1.82) is 0 Å². The first kappa shape index (κ1) is 15.4. The van der Waals surface area contributed by atoms with E-state index in [2.05, 4.69) is 59.3 Å². The third kappa shape index (κ3) is 4.58. The summed E-state index contributed by atoms with van der Waals surface area (Å²) in [5, 5.41) is 7.89. The van der Waals surface area contributed by atoms with E-state index in [9.17, 15) is 0 Å². The van der Waals surface area contributed by atoms with E-state index in [1.807, 2.05) is 11.7 Å². The highest BCUT2D eigenvalue weighted by Gasteiger charge is 2.10. The van der Waals surface area contributed by atoms with Gasteiger partial charge in [-0.1, -0.05) is 32.9 Å². The molecular weight excluding hydrogens is 290 g/mol. The zero-order chi connectivity index (χ0) is 13.5. The number of rotatable bonds is 7. The van der Waals surface area contributed by atoms with Crippen molar-refractivity contribution in [3.05, 3.63) is 28.0 Å². The highest BCUT2D eigenvalue weighted by molar-refractivity contribution is 9.10. The standard InChI is InChI=1S/C14H24BrN3/c1-5-12-14(15)13(18(4)17-12)9-7-6-8-10-16-11(2)3/h6-7,11,16H,5,8-10H2,1-4H3. The van der Waals surface area contributed by atoms with Gasteiger partial charge in [0.25, 0.3) is 0 Å². The van der Waals surface area contributed by atoms with Crippen molar-refractivity contribution in [3.63, 3.8) is 0 Å². The highest BCUT2D eigenvalue weighted by Crippen LogP contribution is 2.22. The number of allylic oxidation sites excluding steroid dienone is 1. The van der Waals surface area contributed by atoms with E-state index in [-0.39, 0.29) is 0 Å². The Morgan fingerprint density at radius 1 is 1.39 bits per heavy atom. The Bertz CT molecular complexity index is 394. The summed E-state index contributed by atoms with van der Waals surface area (Å²) in [6.45, 7) is 7.51. The Hall–Kier alpha value is -0.610. The summed E-state index contributed by atoms with van der Waals surface area (Å²) >= 11 is 3.63. The second-order valence-corrected chi connectivity index (χ2v) is 5.55. The van der Waals surface area contributed by atoms with Crippen LogP contribution in [0.15, 0.2) is 16.6 Å². The van der Waals surface area contributed by atoms with Crippen molar-refractivity contribution < 1.29 is 0 Å². The van der Waals surface area contributed by atoms with E-state index in [1.165, 1.54) is 5.69 Å². The van der Waals surface area contributed by atoms with Crippen LogP contribution in [0.3, 0.4) is 0 Å². The molecule has 1 rings (SSSR count). The van der Waals surface area contributed by atoms with Crippen molar-refractivity contribution in [2.45, 2.75) is 46.1 Å². The van der Waals surface area contributed by atoms with Gasteiger partial charge in [0.2, 0.25) is 0 Å². The lowest BCUT2D eigenvalue weighted by Gasteiger charge is -2.04. The summed E-state index contributed by atoms with van der Waals surface area (Å²) in [6, 6.07) is 0.566. The Balaban J connectivity index is 2.43. The van der Waals surface area contributed by atoms with Gasteiger partial charge < -0.3 is 5.32 Å². The van der Waals surface area contributed by atoms with Gasteiger partial charge in [-0.2, -0.15) is 5.10 Å². The quantitative estimate of drug-likeness (QED) is 0.618. The summed E-state index contributed by atoms with van der Waals surface area (Å²) in [5.74, 6) is 0. The molecule has 0 unspecified atom stereocenters. The smallest absolute Gasteiger partial charge is 0.0766 e. The SMILES string of the molecule is CCc1nn(C)c(CC=CCCNC(C)C)c1Br. The molecule has 1 aromatic heterocycles. The molecule has 4 heteroatoms.